The number of ether oxygens (including phenoxy) is 1. The highest BCUT2D eigenvalue weighted by Crippen LogP contribution is 2.20. The van der Waals surface area contributed by atoms with E-state index in [1.165, 1.54) is 44.5 Å². The Balaban J connectivity index is 1.40. The van der Waals surface area contributed by atoms with Gasteiger partial charge in [-0.05, 0) is 50.8 Å². The van der Waals surface area contributed by atoms with Crippen LogP contribution >= 0.6 is 0 Å². The number of rotatable bonds is 8. The van der Waals surface area contributed by atoms with E-state index >= 15 is 0 Å². The second-order valence-electron chi connectivity index (χ2n) is 7.38. The van der Waals surface area contributed by atoms with E-state index in [0.717, 1.165) is 31.5 Å². The Labute approximate surface area is 158 Å². The SMILES string of the molecule is CCNC(=NCCOCc1ccccc1)N1CCC(CN2CCCC2)C1. The lowest BCUT2D eigenvalue weighted by Gasteiger charge is -2.23. The smallest absolute Gasteiger partial charge is 0.194 e. The van der Waals surface area contributed by atoms with Gasteiger partial charge < -0.3 is 19.9 Å². The van der Waals surface area contributed by atoms with E-state index in [4.69, 9.17) is 9.73 Å². The van der Waals surface area contributed by atoms with Crippen molar-refractivity contribution in [2.24, 2.45) is 10.9 Å². The van der Waals surface area contributed by atoms with Gasteiger partial charge in [0.2, 0.25) is 0 Å². The number of hydrogen-bond acceptors (Lipinski definition) is 3. The molecule has 5 heteroatoms. The maximum absolute atomic E-state index is 5.76. The summed E-state index contributed by atoms with van der Waals surface area (Å²) in [6.07, 6.45) is 4.04. The van der Waals surface area contributed by atoms with E-state index in [2.05, 4.69) is 34.2 Å². The fourth-order valence-corrected chi connectivity index (χ4v) is 3.91. The third kappa shape index (κ3) is 5.99. The van der Waals surface area contributed by atoms with Gasteiger partial charge in [-0.2, -0.15) is 0 Å². The monoisotopic (exact) mass is 358 g/mol. The lowest BCUT2D eigenvalue weighted by molar-refractivity contribution is 0.128. The molecule has 0 amide bonds. The zero-order valence-electron chi connectivity index (χ0n) is 16.2. The van der Waals surface area contributed by atoms with Gasteiger partial charge in [-0.25, -0.2) is 0 Å². The van der Waals surface area contributed by atoms with Crippen LogP contribution in [-0.2, 0) is 11.3 Å². The van der Waals surface area contributed by atoms with E-state index in [1.54, 1.807) is 0 Å². The molecule has 0 spiro atoms. The van der Waals surface area contributed by atoms with Crippen molar-refractivity contribution in [2.75, 3.05) is 52.4 Å². The van der Waals surface area contributed by atoms with Crippen LogP contribution in [0.3, 0.4) is 0 Å². The molecule has 2 fully saturated rings. The topological polar surface area (TPSA) is 40.1 Å². The van der Waals surface area contributed by atoms with Crippen LogP contribution in [0.25, 0.3) is 0 Å². The highest BCUT2D eigenvalue weighted by atomic mass is 16.5. The fourth-order valence-electron chi connectivity index (χ4n) is 3.91. The molecule has 2 aliphatic heterocycles. The van der Waals surface area contributed by atoms with Gasteiger partial charge in [0.15, 0.2) is 5.96 Å². The average Bonchev–Trinajstić information content (AvgIpc) is 3.34. The molecule has 1 aromatic carbocycles. The van der Waals surface area contributed by atoms with E-state index < -0.39 is 0 Å². The number of benzene rings is 1. The molecule has 2 aliphatic rings. The third-order valence-corrected chi connectivity index (χ3v) is 5.24. The van der Waals surface area contributed by atoms with Gasteiger partial charge in [-0.1, -0.05) is 30.3 Å². The van der Waals surface area contributed by atoms with Gasteiger partial charge in [-0.15, -0.1) is 0 Å². The first kappa shape index (κ1) is 19.2. The van der Waals surface area contributed by atoms with Crippen molar-refractivity contribution in [1.29, 1.82) is 0 Å². The second kappa shape index (κ2) is 10.5. The summed E-state index contributed by atoms with van der Waals surface area (Å²) in [6.45, 7) is 11.2. The molecule has 1 unspecified atom stereocenters. The van der Waals surface area contributed by atoms with Crippen molar-refractivity contribution in [2.45, 2.75) is 32.8 Å². The van der Waals surface area contributed by atoms with E-state index in [-0.39, 0.29) is 0 Å². The first-order valence-electron chi connectivity index (χ1n) is 10.2. The van der Waals surface area contributed by atoms with Gasteiger partial charge in [0, 0.05) is 26.2 Å². The van der Waals surface area contributed by atoms with Gasteiger partial charge in [0.05, 0.1) is 19.8 Å². The third-order valence-electron chi connectivity index (χ3n) is 5.24. The number of aliphatic imine (C=N–C) groups is 1. The van der Waals surface area contributed by atoms with Crippen LogP contribution in [0.2, 0.25) is 0 Å². The molecule has 0 radical (unpaired) electrons. The molecule has 0 aromatic heterocycles. The number of nitrogens with zero attached hydrogens (tertiary/aromatic N) is 3. The molecule has 1 atom stereocenters. The fraction of sp³-hybridized carbons (Fsp3) is 0.667. The number of likely N-dealkylation sites (tertiary alicyclic amines) is 2. The molecule has 0 bridgehead atoms. The number of guanidine groups is 1. The van der Waals surface area contributed by atoms with Crippen molar-refractivity contribution < 1.29 is 4.74 Å². The van der Waals surface area contributed by atoms with Crippen LogP contribution in [-0.4, -0.2) is 68.2 Å². The highest BCUT2D eigenvalue weighted by molar-refractivity contribution is 5.80. The van der Waals surface area contributed by atoms with Crippen LogP contribution in [0, 0.1) is 5.92 Å². The normalized spacial score (nSPS) is 21.5. The van der Waals surface area contributed by atoms with Gasteiger partial charge in [0.1, 0.15) is 0 Å². The summed E-state index contributed by atoms with van der Waals surface area (Å²) in [5.74, 6) is 1.84. The van der Waals surface area contributed by atoms with Crippen molar-refractivity contribution in [1.82, 2.24) is 15.1 Å². The molecule has 26 heavy (non-hydrogen) atoms. The standard InChI is InChI=1S/C21H34N4O/c1-2-22-21(23-11-15-26-18-19-8-4-3-5-9-19)25-14-10-20(17-25)16-24-12-6-7-13-24/h3-5,8-9,20H,2,6-7,10-18H2,1H3,(H,22,23). The maximum Gasteiger partial charge on any atom is 0.194 e. The highest BCUT2D eigenvalue weighted by Gasteiger charge is 2.27. The van der Waals surface area contributed by atoms with Crippen LogP contribution in [0.4, 0.5) is 0 Å². The summed E-state index contributed by atoms with van der Waals surface area (Å²) in [7, 11) is 0. The molecule has 5 nitrogen and oxygen atoms in total. The van der Waals surface area contributed by atoms with E-state index in [1.807, 2.05) is 18.2 Å². The van der Waals surface area contributed by atoms with Crippen molar-refractivity contribution >= 4 is 5.96 Å². The second-order valence-corrected chi connectivity index (χ2v) is 7.38. The molecular weight excluding hydrogens is 324 g/mol. The quantitative estimate of drug-likeness (QED) is 0.440. The number of hydrogen-bond donors (Lipinski definition) is 1. The summed E-state index contributed by atoms with van der Waals surface area (Å²) >= 11 is 0. The zero-order chi connectivity index (χ0) is 18.0. The zero-order valence-corrected chi connectivity index (χ0v) is 16.2. The minimum Gasteiger partial charge on any atom is -0.375 e. The van der Waals surface area contributed by atoms with Gasteiger partial charge >= 0.3 is 0 Å². The summed E-state index contributed by atoms with van der Waals surface area (Å²) < 4.78 is 5.76. The summed E-state index contributed by atoms with van der Waals surface area (Å²) in [5, 5.41) is 3.45. The Hall–Kier alpha value is -1.59. The molecule has 3 rings (SSSR count). The maximum atomic E-state index is 5.76. The Morgan fingerprint density at radius 2 is 2.00 bits per heavy atom. The lowest BCUT2D eigenvalue weighted by Crippen LogP contribution is -2.41. The molecule has 144 valence electrons. The van der Waals surface area contributed by atoms with Crippen molar-refractivity contribution in [3.63, 3.8) is 0 Å². The van der Waals surface area contributed by atoms with Crippen molar-refractivity contribution in [3.05, 3.63) is 35.9 Å². The van der Waals surface area contributed by atoms with E-state index in [0.29, 0.717) is 19.8 Å². The minimum absolute atomic E-state index is 0.661. The molecule has 1 N–H and O–H groups in total. The summed E-state index contributed by atoms with van der Waals surface area (Å²) in [6, 6.07) is 10.3. The Morgan fingerprint density at radius 3 is 2.77 bits per heavy atom. The Bertz CT molecular complexity index is 542. The molecule has 1 aromatic rings. The predicted octanol–water partition coefficient (Wildman–Crippen LogP) is 2.59. The molecular formula is C21H34N4O. The van der Waals surface area contributed by atoms with E-state index in [9.17, 15) is 0 Å². The van der Waals surface area contributed by atoms with Crippen LogP contribution in [0.15, 0.2) is 35.3 Å². The summed E-state index contributed by atoms with van der Waals surface area (Å²) in [5.41, 5.74) is 1.22. The minimum atomic E-state index is 0.661. The number of nitrogens with one attached hydrogen (secondary N) is 1. The van der Waals surface area contributed by atoms with Crippen molar-refractivity contribution in [3.8, 4) is 0 Å². The molecule has 0 saturated carbocycles. The Kier molecular flexibility index (Phi) is 7.77. The first-order valence-corrected chi connectivity index (χ1v) is 10.2. The lowest BCUT2D eigenvalue weighted by atomic mass is 10.1. The molecule has 2 heterocycles. The van der Waals surface area contributed by atoms with Crippen LogP contribution in [0.5, 0.6) is 0 Å². The van der Waals surface area contributed by atoms with Crippen LogP contribution < -0.4 is 5.32 Å². The van der Waals surface area contributed by atoms with Gasteiger partial charge in [0.25, 0.3) is 0 Å². The summed E-state index contributed by atoms with van der Waals surface area (Å²) in [4.78, 5) is 9.85. The average molecular weight is 359 g/mol. The first-order chi connectivity index (χ1) is 12.8. The molecule has 0 aliphatic carbocycles. The Morgan fingerprint density at radius 1 is 1.19 bits per heavy atom. The van der Waals surface area contributed by atoms with Crippen LogP contribution in [0.1, 0.15) is 31.7 Å². The largest absolute Gasteiger partial charge is 0.375 e. The predicted molar refractivity (Wildman–Crippen MR) is 107 cm³/mol. The molecule has 2 saturated heterocycles. The van der Waals surface area contributed by atoms with Gasteiger partial charge in [-0.3, -0.25) is 4.99 Å².